The lowest BCUT2D eigenvalue weighted by molar-refractivity contribution is 0.307. The third-order valence-electron chi connectivity index (χ3n) is 3.94. The number of nitrogens with one attached hydrogen (secondary N) is 1. The van der Waals surface area contributed by atoms with Crippen molar-refractivity contribution in [1.82, 2.24) is 0 Å². The van der Waals surface area contributed by atoms with Crippen LogP contribution in [0, 0.1) is 11.3 Å². The lowest BCUT2D eigenvalue weighted by atomic mass is 9.78. The molecule has 0 heterocycles. The summed E-state index contributed by atoms with van der Waals surface area (Å²) in [4.78, 5) is 0. The summed E-state index contributed by atoms with van der Waals surface area (Å²) in [5.74, 6) is 0. The molecule has 0 saturated heterocycles. The number of nitriles is 1. The van der Waals surface area contributed by atoms with Crippen LogP contribution >= 0.6 is 0 Å². The van der Waals surface area contributed by atoms with E-state index in [2.05, 4.69) is 24.4 Å². The van der Waals surface area contributed by atoms with Crippen LogP contribution < -0.4 is 5.32 Å². The molecule has 2 aromatic rings. The first-order valence-corrected chi connectivity index (χ1v) is 6.42. The van der Waals surface area contributed by atoms with Crippen LogP contribution in [0.25, 0.3) is 10.8 Å². The highest BCUT2D eigenvalue weighted by molar-refractivity contribution is 5.97. The van der Waals surface area contributed by atoms with E-state index in [1.165, 1.54) is 19.3 Å². The average molecular weight is 236 g/mol. The van der Waals surface area contributed by atoms with Crippen molar-refractivity contribution >= 4 is 16.5 Å². The molecule has 1 N–H and O–H groups in total. The molecule has 0 radical (unpaired) electrons. The van der Waals surface area contributed by atoms with Gasteiger partial charge >= 0.3 is 0 Å². The van der Waals surface area contributed by atoms with E-state index < -0.39 is 0 Å². The minimum atomic E-state index is 0.233. The number of rotatable bonds is 2. The van der Waals surface area contributed by atoms with Crippen molar-refractivity contribution < 1.29 is 0 Å². The first-order valence-electron chi connectivity index (χ1n) is 6.42. The standard InChI is InChI=1S/C16H16N2/c1-16(9-4-10-16)18-15-8-7-12(11-17)13-5-2-3-6-14(13)15/h2-3,5-8,18H,4,9-10H2,1H3. The van der Waals surface area contributed by atoms with Crippen LogP contribution in [0.15, 0.2) is 36.4 Å². The van der Waals surface area contributed by atoms with Gasteiger partial charge in [-0.3, -0.25) is 0 Å². The Morgan fingerprint density at radius 3 is 2.44 bits per heavy atom. The molecule has 0 unspecified atom stereocenters. The molecule has 0 aromatic heterocycles. The maximum absolute atomic E-state index is 9.15. The van der Waals surface area contributed by atoms with Crippen molar-refractivity contribution in [3.8, 4) is 6.07 Å². The van der Waals surface area contributed by atoms with Crippen LogP contribution in [-0.4, -0.2) is 5.54 Å². The Morgan fingerprint density at radius 2 is 1.83 bits per heavy atom. The maximum atomic E-state index is 9.15. The van der Waals surface area contributed by atoms with Gasteiger partial charge in [-0.2, -0.15) is 5.26 Å². The van der Waals surface area contributed by atoms with Crippen LogP contribution in [0.3, 0.4) is 0 Å². The minimum Gasteiger partial charge on any atom is -0.379 e. The SMILES string of the molecule is CC1(Nc2ccc(C#N)c3ccccc23)CCC1. The van der Waals surface area contributed by atoms with Crippen molar-refractivity contribution in [2.24, 2.45) is 0 Å². The van der Waals surface area contributed by atoms with E-state index in [9.17, 15) is 0 Å². The summed E-state index contributed by atoms with van der Waals surface area (Å²) < 4.78 is 0. The van der Waals surface area contributed by atoms with E-state index in [1.807, 2.05) is 30.3 Å². The molecule has 1 saturated carbocycles. The van der Waals surface area contributed by atoms with Crippen LogP contribution in [0.5, 0.6) is 0 Å². The number of fused-ring (bicyclic) bond motifs is 1. The second-order valence-corrected chi connectivity index (χ2v) is 5.36. The van der Waals surface area contributed by atoms with Gasteiger partial charge in [0.1, 0.15) is 0 Å². The Labute approximate surface area is 107 Å². The molecule has 2 aromatic carbocycles. The summed E-state index contributed by atoms with van der Waals surface area (Å²) >= 11 is 0. The molecule has 1 aliphatic rings. The highest BCUT2D eigenvalue weighted by Gasteiger charge is 2.31. The van der Waals surface area contributed by atoms with Crippen LogP contribution in [-0.2, 0) is 0 Å². The van der Waals surface area contributed by atoms with Crippen molar-refractivity contribution in [1.29, 1.82) is 5.26 Å². The second-order valence-electron chi connectivity index (χ2n) is 5.36. The molecule has 18 heavy (non-hydrogen) atoms. The summed E-state index contributed by atoms with van der Waals surface area (Å²) in [7, 11) is 0. The zero-order chi connectivity index (χ0) is 12.6. The summed E-state index contributed by atoms with van der Waals surface area (Å²) in [6, 6.07) is 14.3. The molecule has 1 aliphatic carbocycles. The normalized spacial score (nSPS) is 16.9. The van der Waals surface area contributed by atoms with Crippen molar-refractivity contribution in [3.63, 3.8) is 0 Å². The lowest BCUT2D eigenvalue weighted by Gasteiger charge is -2.40. The number of nitrogens with zero attached hydrogens (tertiary/aromatic N) is 1. The molecule has 0 atom stereocenters. The van der Waals surface area contributed by atoms with Gasteiger partial charge in [0.15, 0.2) is 0 Å². The number of anilines is 1. The average Bonchev–Trinajstić information content (AvgIpc) is 2.37. The van der Waals surface area contributed by atoms with Gasteiger partial charge in [-0.25, -0.2) is 0 Å². The van der Waals surface area contributed by atoms with E-state index >= 15 is 0 Å². The quantitative estimate of drug-likeness (QED) is 0.853. The van der Waals surface area contributed by atoms with E-state index in [-0.39, 0.29) is 5.54 Å². The largest absolute Gasteiger partial charge is 0.379 e. The van der Waals surface area contributed by atoms with E-state index in [4.69, 9.17) is 5.26 Å². The summed E-state index contributed by atoms with van der Waals surface area (Å²) in [6.07, 6.45) is 3.75. The summed E-state index contributed by atoms with van der Waals surface area (Å²) in [5, 5.41) is 15.0. The Bertz CT molecular complexity index is 633. The van der Waals surface area contributed by atoms with Crippen LogP contribution in [0.1, 0.15) is 31.7 Å². The van der Waals surface area contributed by atoms with Gasteiger partial charge < -0.3 is 5.32 Å². The third-order valence-corrected chi connectivity index (χ3v) is 3.94. The predicted molar refractivity (Wildman–Crippen MR) is 74.5 cm³/mol. The van der Waals surface area contributed by atoms with E-state index in [0.29, 0.717) is 0 Å². The van der Waals surface area contributed by atoms with Gasteiger partial charge in [0, 0.05) is 22.0 Å². The molecule has 0 spiro atoms. The Kier molecular flexibility index (Phi) is 2.48. The monoisotopic (exact) mass is 236 g/mol. The molecular weight excluding hydrogens is 220 g/mol. The van der Waals surface area contributed by atoms with E-state index in [1.54, 1.807) is 0 Å². The molecule has 90 valence electrons. The van der Waals surface area contributed by atoms with Crippen molar-refractivity contribution in [3.05, 3.63) is 42.0 Å². The van der Waals surface area contributed by atoms with Gasteiger partial charge in [-0.05, 0) is 38.3 Å². The molecule has 2 heteroatoms. The van der Waals surface area contributed by atoms with Crippen molar-refractivity contribution in [2.45, 2.75) is 31.7 Å². The number of hydrogen-bond acceptors (Lipinski definition) is 2. The van der Waals surface area contributed by atoms with Gasteiger partial charge in [-0.1, -0.05) is 24.3 Å². The fourth-order valence-electron chi connectivity index (χ4n) is 2.66. The van der Waals surface area contributed by atoms with Crippen molar-refractivity contribution in [2.75, 3.05) is 5.32 Å². The molecule has 0 amide bonds. The third kappa shape index (κ3) is 1.73. The Morgan fingerprint density at radius 1 is 1.11 bits per heavy atom. The summed E-state index contributed by atoms with van der Waals surface area (Å²) in [5.41, 5.74) is 2.12. The van der Waals surface area contributed by atoms with Gasteiger partial charge in [0.25, 0.3) is 0 Å². The number of hydrogen-bond donors (Lipinski definition) is 1. The fraction of sp³-hybridized carbons (Fsp3) is 0.312. The molecule has 3 rings (SSSR count). The zero-order valence-corrected chi connectivity index (χ0v) is 10.5. The maximum Gasteiger partial charge on any atom is 0.0998 e. The second kappa shape index (κ2) is 4.03. The first kappa shape index (κ1) is 11.1. The smallest absolute Gasteiger partial charge is 0.0998 e. The number of benzene rings is 2. The zero-order valence-electron chi connectivity index (χ0n) is 10.5. The molecular formula is C16H16N2. The predicted octanol–water partition coefficient (Wildman–Crippen LogP) is 4.07. The highest BCUT2D eigenvalue weighted by Crippen LogP contribution is 2.37. The van der Waals surface area contributed by atoms with Crippen LogP contribution in [0.4, 0.5) is 5.69 Å². The van der Waals surface area contributed by atoms with Gasteiger partial charge in [-0.15, -0.1) is 0 Å². The van der Waals surface area contributed by atoms with Gasteiger partial charge in [0.05, 0.1) is 11.6 Å². The molecule has 0 aliphatic heterocycles. The minimum absolute atomic E-state index is 0.233. The van der Waals surface area contributed by atoms with Gasteiger partial charge in [0.2, 0.25) is 0 Å². The summed E-state index contributed by atoms with van der Waals surface area (Å²) in [6.45, 7) is 2.27. The molecule has 1 fully saturated rings. The topological polar surface area (TPSA) is 35.8 Å². The van der Waals surface area contributed by atoms with E-state index in [0.717, 1.165) is 22.0 Å². The molecule has 0 bridgehead atoms. The Balaban J connectivity index is 2.10. The lowest BCUT2D eigenvalue weighted by Crippen LogP contribution is -2.41. The molecule has 2 nitrogen and oxygen atoms in total. The first-order chi connectivity index (χ1) is 8.72. The van der Waals surface area contributed by atoms with Crippen LogP contribution in [0.2, 0.25) is 0 Å². The highest BCUT2D eigenvalue weighted by atomic mass is 15.0. The fourth-order valence-corrected chi connectivity index (χ4v) is 2.66. The Hall–Kier alpha value is -2.01.